The zero-order valence-corrected chi connectivity index (χ0v) is 26.6. The van der Waals surface area contributed by atoms with Gasteiger partial charge in [-0.25, -0.2) is 0 Å². The van der Waals surface area contributed by atoms with Crippen molar-refractivity contribution in [2.75, 3.05) is 13.2 Å². The fraction of sp³-hybridized carbons (Fsp3) is 0.700. The molecule has 7 rings (SSSR count). The van der Waals surface area contributed by atoms with Crippen LogP contribution < -0.4 is 9.47 Å². The summed E-state index contributed by atoms with van der Waals surface area (Å²) in [6.07, 6.45) is 27.3. The van der Waals surface area contributed by atoms with Crippen molar-refractivity contribution in [3.8, 4) is 22.6 Å². The third-order valence-electron chi connectivity index (χ3n) is 12.4. The first-order valence-electron chi connectivity index (χ1n) is 18.3. The zero-order chi connectivity index (χ0) is 28.3. The molecule has 2 fully saturated rings. The number of ether oxygens (including phenoxy) is 2. The number of rotatable bonds is 6. The first-order valence-corrected chi connectivity index (χ1v) is 18.3. The van der Waals surface area contributed by atoms with E-state index in [1.807, 2.05) is 0 Å². The molecule has 0 atom stereocenters. The van der Waals surface area contributed by atoms with E-state index in [2.05, 4.69) is 31.2 Å². The van der Waals surface area contributed by atoms with E-state index in [0.717, 1.165) is 48.4 Å². The predicted molar refractivity (Wildman–Crippen MR) is 175 cm³/mol. The van der Waals surface area contributed by atoms with Gasteiger partial charge in [-0.15, -0.1) is 0 Å². The van der Waals surface area contributed by atoms with Crippen LogP contribution in [0.15, 0.2) is 24.3 Å². The SMILES string of the molecule is CCCCCC1CCC(C2CCC(C3COc4ccc5c(c4-c4c(ccc6c4CCCC6)OC3)CCCC5)CC2)CC1. The van der Waals surface area contributed by atoms with Gasteiger partial charge in [-0.2, -0.15) is 0 Å². The lowest BCUT2D eigenvalue weighted by molar-refractivity contribution is 0.0782. The van der Waals surface area contributed by atoms with E-state index in [0.29, 0.717) is 5.92 Å². The molecule has 0 saturated heterocycles. The highest BCUT2D eigenvalue weighted by Crippen LogP contribution is 2.49. The highest BCUT2D eigenvalue weighted by atomic mass is 16.5. The monoisotopic (exact) mass is 568 g/mol. The second kappa shape index (κ2) is 13.4. The van der Waals surface area contributed by atoms with Crippen molar-refractivity contribution in [1.82, 2.24) is 0 Å². The summed E-state index contributed by atoms with van der Waals surface area (Å²) in [5.74, 6) is 6.47. The first-order chi connectivity index (χ1) is 20.8. The highest BCUT2D eigenvalue weighted by molar-refractivity contribution is 5.83. The standard InChI is InChI=1S/C40H56O2/c1-2-3-4-9-28-14-16-29(17-15-28)30-18-20-31(21-19-30)34-26-41-37-24-22-32-10-5-7-12-35(32)39(37)40-36-13-8-6-11-33(36)23-25-38(40)42-27-34/h22-25,28-31,34H,2-21,26-27H2,1H3. The molecule has 2 saturated carbocycles. The van der Waals surface area contributed by atoms with Crippen LogP contribution in [0.25, 0.3) is 11.1 Å². The van der Waals surface area contributed by atoms with Gasteiger partial charge in [0.05, 0.1) is 13.2 Å². The van der Waals surface area contributed by atoms with Crippen molar-refractivity contribution in [2.24, 2.45) is 29.6 Å². The molecule has 2 nitrogen and oxygen atoms in total. The van der Waals surface area contributed by atoms with E-state index >= 15 is 0 Å². The molecule has 4 aliphatic carbocycles. The maximum atomic E-state index is 6.90. The molecule has 0 amide bonds. The van der Waals surface area contributed by atoms with Crippen molar-refractivity contribution < 1.29 is 9.47 Å². The van der Waals surface area contributed by atoms with Gasteiger partial charge in [0.2, 0.25) is 0 Å². The average Bonchev–Trinajstić information content (AvgIpc) is 3.13. The molecular formula is C40H56O2. The molecule has 0 N–H and O–H groups in total. The van der Waals surface area contributed by atoms with Gasteiger partial charge in [0.25, 0.3) is 0 Å². The molecule has 1 aliphatic heterocycles. The Morgan fingerprint density at radius 3 is 1.55 bits per heavy atom. The minimum atomic E-state index is 0.478. The summed E-state index contributed by atoms with van der Waals surface area (Å²) in [6, 6.07) is 9.42. The molecule has 1 heterocycles. The zero-order valence-electron chi connectivity index (χ0n) is 26.6. The summed E-state index contributed by atoms with van der Waals surface area (Å²) < 4.78 is 13.8. The predicted octanol–water partition coefficient (Wildman–Crippen LogP) is 10.7. The Morgan fingerprint density at radius 1 is 0.548 bits per heavy atom. The number of benzene rings is 2. The minimum Gasteiger partial charge on any atom is -0.492 e. The molecule has 5 aliphatic rings. The lowest BCUT2D eigenvalue weighted by atomic mass is 9.67. The van der Waals surface area contributed by atoms with Gasteiger partial charge in [0.15, 0.2) is 0 Å². The van der Waals surface area contributed by atoms with Gasteiger partial charge >= 0.3 is 0 Å². The minimum absolute atomic E-state index is 0.478. The number of hydrogen-bond donors (Lipinski definition) is 0. The van der Waals surface area contributed by atoms with Crippen molar-refractivity contribution in [3.63, 3.8) is 0 Å². The van der Waals surface area contributed by atoms with Crippen LogP contribution in [0.5, 0.6) is 11.5 Å². The van der Waals surface area contributed by atoms with Crippen molar-refractivity contribution in [3.05, 3.63) is 46.5 Å². The third kappa shape index (κ3) is 6.03. The van der Waals surface area contributed by atoms with E-state index in [1.54, 1.807) is 22.3 Å². The number of fused-ring (bicyclic) bond motifs is 7. The molecule has 0 spiro atoms. The summed E-state index contributed by atoms with van der Waals surface area (Å²) in [6.45, 7) is 3.94. The summed E-state index contributed by atoms with van der Waals surface area (Å²) >= 11 is 0. The topological polar surface area (TPSA) is 18.5 Å². The molecule has 0 bridgehead atoms. The summed E-state index contributed by atoms with van der Waals surface area (Å²) in [5.41, 5.74) is 9.01. The lowest BCUT2D eigenvalue weighted by Crippen LogP contribution is -2.33. The van der Waals surface area contributed by atoms with Crippen LogP contribution in [0.3, 0.4) is 0 Å². The Bertz CT molecular complexity index is 1130. The summed E-state index contributed by atoms with van der Waals surface area (Å²) in [4.78, 5) is 0. The van der Waals surface area contributed by atoms with E-state index in [-0.39, 0.29) is 0 Å². The Kier molecular flexibility index (Phi) is 9.15. The van der Waals surface area contributed by atoms with Crippen LogP contribution in [-0.2, 0) is 25.7 Å². The van der Waals surface area contributed by atoms with Gasteiger partial charge in [-0.3, -0.25) is 0 Å². The Morgan fingerprint density at radius 2 is 1.02 bits per heavy atom. The van der Waals surface area contributed by atoms with Crippen molar-refractivity contribution >= 4 is 0 Å². The van der Waals surface area contributed by atoms with Crippen LogP contribution in [0.4, 0.5) is 0 Å². The van der Waals surface area contributed by atoms with Crippen molar-refractivity contribution in [1.29, 1.82) is 0 Å². The second-order valence-corrected chi connectivity index (χ2v) is 14.9. The van der Waals surface area contributed by atoms with E-state index < -0.39 is 0 Å². The molecule has 2 aromatic rings. The quantitative estimate of drug-likeness (QED) is 0.323. The normalized spacial score (nSPS) is 28.0. The summed E-state index contributed by atoms with van der Waals surface area (Å²) in [7, 11) is 0. The third-order valence-corrected chi connectivity index (χ3v) is 12.4. The highest BCUT2D eigenvalue weighted by Gasteiger charge is 2.35. The maximum Gasteiger partial charge on any atom is 0.127 e. The molecule has 0 unspecified atom stereocenters. The van der Waals surface area contributed by atoms with E-state index in [1.165, 1.54) is 140 Å². The summed E-state index contributed by atoms with van der Waals surface area (Å²) in [5, 5.41) is 0. The molecule has 228 valence electrons. The van der Waals surface area contributed by atoms with Gasteiger partial charge in [-0.1, -0.05) is 57.6 Å². The van der Waals surface area contributed by atoms with Crippen LogP contribution >= 0.6 is 0 Å². The van der Waals surface area contributed by atoms with Gasteiger partial charge < -0.3 is 9.47 Å². The largest absolute Gasteiger partial charge is 0.492 e. The van der Waals surface area contributed by atoms with E-state index in [4.69, 9.17) is 9.47 Å². The fourth-order valence-corrected chi connectivity index (χ4v) is 9.83. The second-order valence-electron chi connectivity index (χ2n) is 14.9. The Labute approximate surface area is 256 Å². The number of aryl methyl sites for hydroxylation is 2. The first kappa shape index (κ1) is 28.8. The molecule has 0 aromatic heterocycles. The lowest BCUT2D eigenvalue weighted by Gasteiger charge is -2.39. The van der Waals surface area contributed by atoms with Crippen LogP contribution in [0.1, 0.15) is 132 Å². The fourth-order valence-electron chi connectivity index (χ4n) is 9.83. The smallest absolute Gasteiger partial charge is 0.127 e. The van der Waals surface area contributed by atoms with Crippen molar-refractivity contribution in [2.45, 2.75) is 135 Å². The molecule has 2 aromatic carbocycles. The molecule has 2 heteroatoms. The van der Waals surface area contributed by atoms with Gasteiger partial charge in [0, 0.05) is 17.0 Å². The molecular weight excluding hydrogens is 512 g/mol. The number of hydrogen-bond acceptors (Lipinski definition) is 2. The Balaban J connectivity index is 1.06. The van der Waals surface area contributed by atoms with E-state index in [9.17, 15) is 0 Å². The molecule has 0 radical (unpaired) electrons. The average molecular weight is 569 g/mol. The van der Waals surface area contributed by atoms with Crippen LogP contribution in [0, 0.1) is 29.6 Å². The Hall–Kier alpha value is -1.96. The van der Waals surface area contributed by atoms with Crippen LogP contribution in [-0.4, -0.2) is 13.2 Å². The number of unbranched alkanes of at least 4 members (excludes halogenated alkanes) is 2. The van der Waals surface area contributed by atoms with Gasteiger partial charge in [-0.05, 0) is 148 Å². The molecule has 42 heavy (non-hydrogen) atoms. The van der Waals surface area contributed by atoms with Gasteiger partial charge in [0.1, 0.15) is 11.5 Å². The maximum absolute atomic E-state index is 6.90. The van der Waals surface area contributed by atoms with Crippen LogP contribution in [0.2, 0.25) is 0 Å².